The lowest BCUT2D eigenvalue weighted by atomic mass is 10.1. The third kappa shape index (κ3) is 3.72. The lowest BCUT2D eigenvalue weighted by Gasteiger charge is -2.24. The first-order chi connectivity index (χ1) is 8.12. The number of nitrogens with zero attached hydrogens (tertiary/aromatic N) is 1. The summed E-state index contributed by atoms with van der Waals surface area (Å²) in [5, 5.41) is 9.16. The van der Waals surface area contributed by atoms with Gasteiger partial charge in [0.25, 0.3) is 0 Å². The predicted molar refractivity (Wildman–Crippen MR) is 70.1 cm³/mol. The second-order valence-corrected chi connectivity index (χ2v) is 4.48. The van der Waals surface area contributed by atoms with Gasteiger partial charge in [0, 0.05) is 18.2 Å². The Kier molecular flexibility index (Phi) is 5.45. The molecule has 1 aromatic carbocycles. The molecule has 0 spiro atoms. The molecule has 0 aliphatic rings. The Hall–Kier alpha value is -1.06. The molecule has 0 amide bonds. The molecule has 3 heteroatoms. The summed E-state index contributed by atoms with van der Waals surface area (Å²) in [6.07, 6.45) is 1.12. The highest BCUT2D eigenvalue weighted by Gasteiger charge is 2.11. The highest BCUT2D eigenvalue weighted by Crippen LogP contribution is 2.22. The third-order valence-corrected chi connectivity index (χ3v) is 3.29. The van der Waals surface area contributed by atoms with Gasteiger partial charge in [0.15, 0.2) is 0 Å². The summed E-state index contributed by atoms with van der Waals surface area (Å²) in [6.45, 7) is 5.31. The van der Waals surface area contributed by atoms with Gasteiger partial charge in [-0.05, 0) is 38.1 Å². The fraction of sp³-hybridized carbons (Fsp3) is 0.571. The van der Waals surface area contributed by atoms with Crippen LogP contribution in [0, 0.1) is 0 Å². The van der Waals surface area contributed by atoms with Crippen molar-refractivity contribution in [3.05, 3.63) is 29.3 Å². The molecular formula is C14H23NO2. The maximum absolute atomic E-state index is 9.16. The van der Waals surface area contributed by atoms with E-state index in [0.29, 0.717) is 6.04 Å². The first kappa shape index (κ1) is 14.0. The van der Waals surface area contributed by atoms with E-state index >= 15 is 0 Å². The van der Waals surface area contributed by atoms with Crippen molar-refractivity contribution in [2.24, 2.45) is 0 Å². The van der Waals surface area contributed by atoms with Crippen molar-refractivity contribution < 1.29 is 9.84 Å². The number of methoxy groups -OCH3 is 1. The minimum absolute atomic E-state index is 0.0735. The highest BCUT2D eigenvalue weighted by atomic mass is 16.5. The molecule has 0 aliphatic carbocycles. The van der Waals surface area contributed by atoms with E-state index in [4.69, 9.17) is 9.84 Å². The van der Waals surface area contributed by atoms with Gasteiger partial charge in [-0.15, -0.1) is 0 Å². The maximum Gasteiger partial charge on any atom is 0.123 e. The smallest absolute Gasteiger partial charge is 0.123 e. The molecule has 1 aromatic rings. The van der Waals surface area contributed by atoms with E-state index in [1.54, 1.807) is 7.11 Å². The van der Waals surface area contributed by atoms with E-state index in [1.165, 1.54) is 0 Å². The molecular weight excluding hydrogens is 214 g/mol. The number of benzene rings is 1. The number of ether oxygens (including phenoxy) is 1. The summed E-state index contributed by atoms with van der Waals surface area (Å²) in [5.41, 5.74) is 2.06. The van der Waals surface area contributed by atoms with E-state index in [-0.39, 0.29) is 6.61 Å². The van der Waals surface area contributed by atoms with Crippen molar-refractivity contribution in [2.75, 3.05) is 14.2 Å². The summed E-state index contributed by atoms with van der Waals surface area (Å²) < 4.78 is 5.35. The molecule has 0 aromatic heterocycles. The number of hydrogen-bond acceptors (Lipinski definition) is 3. The summed E-state index contributed by atoms with van der Waals surface area (Å²) >= 11 is 0. The first-order valence-corrected chi connectivity index (χ1v) is 6.09. The van der Waals surface area contributed by atoms with Gasteiger partial charge in [0.05, 0.1) is 13.7 Å². The average molecular weight is 237 g/mol. The van der Waals surface area contributed by atoms with E-state index in [2.05, 4.69) is 25.8 Å². The van der Waals surface area contributed by atoms with Crippen LogP contribution < -0.4 is 4.74 Å². The summed E-state index contributed by atoms with van der Waals surface area (Å²) in [6, 6.07) is 6.37. The van der Waals surface area contributed by atoms with Gasteiger partial charge >= 0.3 is 0 Å². The Bertz CT molecular complexity index is 352. The molecule has 17 heavy (non-hydrogen) atoms. The van der Waals surface area contributed by atoms with Crippen LogP contribution in [-0.2, 0) is 13.2 Å². The number of rotatable bonds is 6. The van der Waals surface area contributed by atoms with Gasteiger partial charge < -0.3 is 9.84 Å². The zero-order valence-corrected chi connectivity index (χ0v) is 11.2. The second-order valence-electron chi connectivity index (χ2n) is 4.48. The normalized spacial score (nSPS) is 12.8. The molecule has 0 saturated carbocycles. The number of aliphatic hydroxyl groups is 1. The van der Waals surface area contributed by atoms with Crippen LogP contribution in [0.5, 0.6) is 5.75 Å². The third-order valence-electron chi connectivity index (χ3n) is 3.29. The predicted octanol–water partition coefficient (Wildman–Crippen LogP) is 2.42. The Morgan fingerprint density at radius 3 is 2.65 bits per heavy atom. The maximum atomic E-state index is 9.16. The molecule has 1 N–H and O–H groups in total. The van der Waals surface area contributed by atoms with Gasteiger partial charge in [-0.1, -0.05) is 13.0 Å². The van der Waals surface area contributed by atoms with E-state index in [9.17, 15) is 0 Å². The Balaban J connectivity index is 2.87. The Morgan fingerprint density at radius 1 is 1.41 bits per heavy atom. The van der Waals surface area contributed by atoms with Crippen LogP contribution in [0.25, 0.3) is 0 Å². The fourth-order valence-corrected chi connectivity index (χ4v) is 1.79. The molecule has 0 heterocycles. The van der Waals surface area contributed by atoms with Crippen LogP contribution in [0.15, 0.2) is 18.2 Å². The quantitative estimate of drug-likeness (QED) is 0.824. The lowest BCUT2D eigenvalue weighted by Crippen LogP contribution is -2.28. The van der Waals surface area contributed by atoms with Crippen molar-refractivity contribution in [2.45, 2.75) is 39.5 Å². The lowest BCUT2D eigenvalue weighted by molar-refractivity contribution is 0.239. The largest absolute Gasteiger partial charge is 0.496 e. The van der Waals surface area contributed by atoms with Crippen LogP contribution in [0.4, 0.5) is 0 Å². The Labute approximate surface area is 104 Å². The molecule has 1 unspecified atom stereocenters. The van der Waals surface area contributed by atoms with E-state index in [1.807, 2.05) is 18.2 Å². The molecule has 0 aliphatic heterocycles. The summed E-state index contributed by atoms with van der Waals surface area (Å²) in [4.78, 5) is 2.29. The van der Waals surface area contributed by atoms with Crippen LogP contribution in [0.1, 0.15) is 31.4 Å². The Morgan fingerprint density at radius 2 is 2.12 bits per heavy atom. The summed E-state index contributed by atoms with van der Waals surface area (Å²) in [5.74, 6) is 0.886. The van der Waals surface area contributed by atoms with E-state index in [0.717, 1.165) is 29.8 Å². The topological polar surface area (TPSA) is 32.7 Å². The SMILES string of the molecule is CCC(C)N(C)Cc1cc(CO)ccc1OC. The van der Waals surface area contributed by atoms with Crippen molar-refractivity contribution in [3.8, 4) is 5.75 Å². The first-order valence-electron chi connectivity index (χ1n) is 6.09. The molecule has 1 rings (SSSR count). The van der Waals surface area contributed by atoms with Gasteiger partial charge in [0.1, 0.15) is 5.75 Å². The minimum atomic E-state index is 0.0735. The van der Waals surface area contributed by atoms with Crippen molar-refractivity contribution in [1.29, 1.82) is 0 Å². The highest BCUT2D eigenvalue weighted by molar-refractivity contribution is 5.37. The van der Waals surface area contributed by atoms with Crippen LogP contribution in [0.3, 0.4) is 0 Å². The zero-order valence-electron chi connectivity index (χ0n) is 11.2. The molecule has 96 valence electrons. The standard InChI is InChI=1S/C14H23NO2/c1-5-11(2)15(3)9-13-8-12(10-16)6-7-14(13)17-4/h6-8,11,16H,5,9-10H2,1-4H3. The molecule has 0 radical (unpaired) electrons. The monoisotopic (exact) mass is 237 g/mol. The van der Waals surface area contributed by atoms with Crippen LogP contribution >= 0.6 is 0 Å². The second kappa shape index (κ2) is 6.62. The number of aliphatic hydroxyl groups excluding tert-OH is 1. The van der Waals surface area contributed by atoms with Gasteiger partial charge in [0.2, 0.25) is 0 Å². The summed E-state index contributed by atoms with van der Waals surface area (Å²) in [7, 11) is 3.79. The average Bonchev–Trinajstić information content (AvgIpc) is 2.37. The van der Waals surface area contributed by atoms with E-state index < -0.39 is 0 Å². The van der Waals surface area contributed by atoms with Crippen molar-refractivity contribution in [3.63, 3.8) is 0 Å². The fourth-order valence-electron chi connectivity index (χ4n) is 1.79. The van der Waals surface area contributed by atoms with Gasteiger partial charge in [-0.3, -0.25) is 4.90 Å². The van der Waals surface area contributed by atoms with Crippen molar-refractivity contribution in [1.82, 2.24) is 4.90 Å². The molecule has 0 fully saturated rings. The van der Waals surface area contributed by atoms with Gasteiger partial charge in [-0.2, -0.15) is 0 Å². The number of hydrogen-bond donors (Lipinski definition) is 1. The van der Waals surface area contributed by atoms with Crippen LogP contribution in [-0.4, -0.2) is 30.2 Å². The van der Waals surface area contributed by atoms with Crippen LogP contribution in [0.2, 0.25) is 0 Å². The minimum Gasteiger partial charge on any atom is -0.496 e. The van der Waals surface area contributed by atoms with Gasteiger partial charge in [-0.25, -0.2) is 0 Å². The zero-order chi connectivity index (χ0) is 12.8. The molecule has 1 atom stereocenters. The molecule has 0 saturated heterocycles. The molecule has 0 bridgehead atoms. The van der Waals surface area contributed by atoms with Crippen molar-refractivity contribution >= 4 is 0 Å². The molecule has 3 nitrogen and oxygen atoms in total.